The Morgan fingerprint density at radius 3 is 2.58 bits per heavy atom. The first-order valence-electron chi connectivity index (χ1n) is 5.89. The molecule has 0 spiro atoms. The Kier molecular flexibility index (Phi) is 3.46. The molecule has 1 aromatic carbocycles. The summed E-state index contributed by atoms with van der Waals surface area (Å²) in [6, 6.07) is 5.70. The number of carbonyl (C=O) groups is 1. The van der Waals surface area contributed by atoms with Crippen molar-refractivity contribution in [2.24, 2.45) is 0 Å². The lowest BCUT2D eigenvalue weighted by Crippen LogP contribution is -2.02. The van der Waals surface area contributed by atoms with Crippen LogP contribution in [0, 0.1) is 20.8 Å². The number of nitrogens with zero attached hydrogens (tertiary/aromatic N) is 3. The van der Waals surface area contributed by atoms with Gasteiger partial charge in [-0.1, -0.05) is 6.07 Å². The van der Waals surface area contributed by atoms with Gasteiger partial charge in [-0.05, 0) is 50.1 Å². The van der Waals surface area contributed by atoms with Gasteiger partial charge < -0.3 is 5.11 Å². The maximum atomic E-state index is 10.5. The van der Waals surface area contributed by atoms with Crippen molar-refractivity contribution in [1.82, 2.24) is 14.8 Å². The SMILES string of the molecule is Cc1nc(C)n(-c2ccc(/C=C/C(=O)O)cc2C)n1. The summed E-state index contributed by atoms with van der Waals surface area (Å²) >= 11 is 0. The molecular weight excluding hydrogens is 242 g/mol. The van der Waals surface area contributed by atoms with Crippen molar-refractivity contribution in [3.63, 3.8) is 0 Å². The molecule has 5 heteroatoms. The molecule has 1 N–H and O–H groups in total. The second-order valence-electron chi connectivity index (χ2n) is 4.34. The summed E-state index contributed by atoms with van der Waals surface area (Å²) in [7, 11) is 0. The molecule has 0 aliphatic carbocycles. The van der Waals surface area contributed by atoms with Gasteiger partial charge in [-0.25, -0.2) is 14.5 Å². The van der Waals surface area contributed by atoms with E-state index in [0.717, 1.165) is 34.5 Å². The van der Waals surface area contributed by atoms with E-state index in [9.17, 15) is 4.79 Å². The van der Waals surface area contributed by atoms with Crippen LogP contribution >= 0.6 is 0 Å². The number of aliphatic carboxylic acids is 1. The van der Waals surface area contributed by atoms with Crippen molar-refractivity contribution in [3.8, 4) is 5.69 Å². The third kappa shape index (κ3) is 2.88. The molecule has 0 fully saturated rings. The molecule has 98 valence electrons. The molecular formula is C14H15N3O2. The average molecular weight is 257 g/mol. The fourth-order valence-corrected chi connectivity index (χ4v) is 1.94. The summed E-state index contributed by atoms with van der Waals surface area (Å²) in [5, 5.41) is 12.9. The summed E-state index contributed by atoms with van der Waals surface area (Å²) in [5.41, 5.74) is 2.81. The molecule has 1 aromatic heterocycles. The van der Waals surface area contributed by atoms with Crippen LogP contribution in [-0.2, 0) is 4.79 Å². The minimum atomic E-state index is -0.954. The van der Waals surface area contributed by atoms with Crippen LogP contribution in [-0.4, -0.2) is 25.8 Å². The van der Waals surface area contributed by atoms with Crippen LogP contribution in [0.5, 0.6) is 0 Å². The summed E-state index contributed by atoms with van der Waals surface area (Å²) in [5.74, 6) is 0.602. The summed E-state index contributed by atoms with van der Waals surface area (Å²) in [6.07, 6.45) is 2.69. The standard InChI is InChI=1S/C14H15N3O2/c1-9-8-12(5-7-14(18)19)4-6-13(9)17-11(3)15-10(2)16-17/h4-8H,1-3H3,(H,18,19)/b7-5+. The Morgan fingerprint density at radius 1 is 1.32 bits per heavy atom. The Bertz CT molecular complexity index is 657. The molecule has 0 aliphatic heterocycles. The maximum absolute atomic E-state index is 10.5. The first-order chi connectivity index (χ1) is 8.97. The zero-order chi connectivity index (χ0) is 14.0. The van der Waals surface area contributed by atoms with Gasteiger partial charge in [-0.3, -0.25) is 0 Å². The molecule has 0 unspecified atom stereocenters. The molecule has 0 radical (unpaired) electrons. The van der Waals surface area contributed by atoms with Crippen molar-refractivity contribution >= 4 is 12.0 Å². The molecule has 2 rings (SSSR count). The average Bonchev–Trinajstić information content (AvgIpc) is 2.66. The van der Waals surface area contributed by atoms with Crippen LogP contribution in [0.3, 0.4) is 0 Å². The predicted molar refractivity (Wildman–Crippen MR) is 72.2 cm³/mol. The lowest BCUT2D eigenvalue weighted by Gasteiger charge is -2.07. The molecule has 0 amide bonds. The number of aryl methyl sites for hydroxylation is 3. The molecule has 0 saturated heterocycles. The summed E-state index contributed by atoms with van der Waals surface area (Å²) in [6.45, 7) is 5.71. The molecule has 0 saturated carbocycles. The Hall–Kier alpha value is -2.43. The number of hydrogen-bond donors (Lipinski definition) is 1. The van der Waals surface area contributed by atoms with Gasteiger partial charge in [-0.2, -0.15) is 5.10 Å². The van der Waals surface area contributed by atoms with Gasteiger partial charge in [0.1, 0.15) is 11.6 Å². The first-order valence-corrected chi connectivity index (χ1v) is 5.89. The van der Waals surface area contributed by atoms with Crippen molar-refractivity contribution in [3.05, 3.63) is 47.1 Å². The van der Waals surface area contributed by atoms with Gasteiger partial charge >= 0.3 is 5.97 Å². The third-order valence-corrected chi connectivity index (χ3v) is 2.74. The highest BCUT2D eigenvalue weighted by Crippen LogP contribution is 2.17. The normalized spacial score (nSPS) is 11.1. The number of aromatic nitrogens is 3. The van der Waals surface area contributed by atoms with Crippen LogP contribution in [0.15, 0.2) is 24.3 Å². The quantitative estimate of drug-likeness (QED) is 0.856. The van der Waals surface area contributed by atoms with E-state index < -0.39 is 5.97 Å². The monoisotopic (exact) mass is 257 g/mol. The minimum Gasteiger partial charge on any atom is -0.478 e. The summed E-state index contributed by atoms with van der Waals surface area (Å²) in [4.78, 5) is 14.8. The third-order valence-electron chi connectivity index (χ3n) is 2.74. The van der Waals surface area contributed by atoms with Crippen molar-refractivity contribution < 1.29 is 9.90 Å². The highest BCUT2D eigenvalue weighted by atomic mass is 16.4. The Balaban J connectivity index is 2.40. The van der Waals surface area contributed by atoms with Crippen LogP contribution in [0.4, 0.5) is 0 Å². The molecule has 19 heavy (non-hydrogen) atoms. The Morgan fingerprint density at radius 2 is 2.05 bits per heavy atom. The van der Waals surface area contributed by atoms with E-state index in [1.165, 1.54) is 0 Å². The fourth-order valence-electron chi connectivity index (χ4n) is 1.94. The smallest absolute Gasteiger partial charge is 0.328 e. The van der Waals surface area contributed by atoms with E-state index in [0.29, 0.717) is 0 Å². The topological polar surface area (TPSA) is 68.0 Å². The van der Waals surface area contributed by atoms with Gasteiger partial charge in [0.05, 0.1) is 5.69 Å². The van der Waals surface area contributed by atoms with Gasteiger partial charge in [-0.15, -0.1) is 0 Å². The van der Waals surface area contributed by atoms with Gasteiger partial charge in [0.15, 0.2) is 0 Å². The Labute approximate surface area is 111 Å². The van der Waals surface area contributed by atoms with Crippen molar-refractivity contribution in [2.75, 3.05) is 0 Å². The highest BCUT2D eigenvalue weighted by molar-refractivity contribution is 5.85. The number of carboxylic acids is 1. The second kappa shape index (κ2) is 5.06. The van der Waals surface area contributed by atoms with Crippen molar-refractivity contribution in [1.29, 1.82) is 0 Å². The second-order valence-corrected chi connectivity index (χ2v) is 4.34. The van der Waals surface area contributed by atoms with E-state index in [-0.39, 0.29) is 0 Å². The van der Waals surface area contributed by atoms with Crippen LogP contribution in [0.1, 0.15) is 22.8 Å². The molecule has 5 nitrogen and oxygen atoms in total. The maximum Gasteiger partial charge on any atom is 0.328 e. The van der Waals surface area contributed by atoms with E-state index in [1.54, 1.807) is 10.8 Å². The van der Waals surface area contributed by atoms with Crippen LogP contribution in [0.25, 0.3) is 11.8 Å². The molecule has 0 bridgehead atoms. The number of rotatable bonds is 3. The lowest BCUT2D eigenvalue weighted by atomic mass is 10.1. The molecule has 1 heterocycles. The van der Waals surface area contributed by atoms with Crippen LogP contribution in [0.2, 0.25) is 0 Å². The van der Waals surface area contributed by atoms with E-state index in [4.69, 9.17) is 5.11 Å². The van der Waals surface area contributed by atoms with Gasteiger partial charge in [0.2, 0.25) is 0 Å². The largest absolute Gasteiger partial charge is 0.478 e. The number of carboxylic acid groups (broad SMARTS) is 1. The number of benzene rings is 1. The summed E-state index contributed by atoms with van der Waals surface area (Å²) < 4.78 is 1.79. The van der Waals surface area contributed by atoms with Crippen molar-refractivity contribution in [2.45, 2.75) is 20.8 Å². The zero-order valence-electron chi connectivity index (χ0n) is 11.1. The first kappa shape index (κ1) is 13.0. The van der Waals surface area contributed by atoms with E-state index >= 15 is 0 Å². The lowest BCUT2D eigenvalue weighted by molar-refractivity contribution is -0.131. The van der Waals surface area contributed by atoms with E-state index in [1.807, 2.05) is 39.0 Å². The highest BCUT2D eigenvalue weighted by Gasteiger charge is 2.07. The zero-order valence-corrected chi connectivity index (χ0v) is 11.1. The molecule has 2 aromatic rings. The molecule has 0 aliphatic rings. The van der Waals surface area contributed by atoms with Gasteiger partial charge in [0, 0.05) is 6.08 Å². The number of hydrogen-bond acceptors (Lipinski definition) is 3. The fraction of sp³-hybridized carbons (Fsp3) is 0.214. The predicted octanol–water partition coefficient (Wildman–Crippen LogP) is 2.29. The molecule has 0 atom stereocenters. The van der Waals surface area contributed by atoms with Gasteiger partial charge in [0.25, 0.3) is 0 Å². The van der Waals surface area contributed by atoms with E-state index in [2.05, 4.69) is 10.1 Å². The van der Waals surface area contributed by atoms with Crippen LogP contribution < -0.4 is 0 Å². The minimum absolute atomic E-state index is 0.728.